The molecule has 0 aliphatic heterocycles. The number of nitrogens with zero attached hydrogens (tertiary/aromatic N) is 2. The Hall–Kier alpha value is -0.770. The first-order chi connectivity index (χ1) is 9.21. The van der Waals surface area contributed by atoms with Crippen LogP contribution in [0.15, 0.2) is 18.2 Å². The molecule has 0 fully saturated rings. The van der Waals surface area contributed by atoms with Crippen molar-refractivity contribution in [2.75, 3.05) is 19.6 Å². The molecule has 0 amide bonds. The molecule has 0 saturated heterocycles. The molecule has 0 radical (unpaired) electrons. The average molecular weight is 301 g/mol. The van der Waals surface area contributed by atoms with Crippen LogP contribution in [-0.2, 0) is 11.2 Å². The zero-order chi connectivity index (χ0) is 13.8. The van der Waals surface area contributed by atoms with Gasteiger partial charge < -0.3 is 9.30 Å². The van der Waals surface area contributed by atoms with E-state index in [0.29, 0.717) is 12.5 Å². The Morgan fingerprint density at radius 2 is 2.21 bits per heavy atom. The second kappa shape index (κ2) is 6.60. The van der Waals surface area contributed by atoms with Gasteiger partial charge in [-0.25, -0.2) is 4.98 Å². The monoisotopic (exact) mass is 300 g/mol. The van der Waals surface area contributed by atoms with Crippen LogP contribution >= 0.6 is 23.2 Å². The molecule has 1 unspecified atom stereocenters. The lowest BCUT2D eigenvalue weighted by molar-refractivity contribution is 0.153. The molecular formula is C14H18Cl2N2O. The largest absolute Gasteiger partial charge is 0.383 e. The fourth-order valence-electron chi connectivity index (χ4n) is 2.35. The molecule has 0 saturated carbocycles. The molecular weight excluding hydrogens is 283 g/mol. The van der Waals surface area contributed by atoms with Crippen LogP contribution in [0.25, 0.3) is 11.0 Å². The Morgan fingerprint density at radius 3 is 2.84 bits per heavy atom. The van der Waals surface area contributed by atoms with Crippen molar-refractivity contribution in [2.24, 2.45) is 0 Å². The lowest BCUT2D eigenvalue weighted by atomic mass is 10.2. The number of benzene rings is 1. The lowest BCUT2D eigenvalue weighted by Crippen LogP contribution is -2.17. The van der Waals surface area contributed by atoms with E-state index in [1.807, 2.05) is 18.2 Å². The molecule has 0 aliphatic rings. The molecule has 2 rings (SSSR count). The number of alkyl halides is 1. The molecule has 1 heterocycles. The normalized spacial score (nSPS) is 13.1. The number of rotatable bonds is 6. The van der Waals surface area contributed by atoms with Crippen molar-refractivity contribution in [2.45, 2.75) is 25.8 Å². The molecule has 0 spiro atoms. The summed E-state index contributed by atoms with van der Waals surface area (Å²) < 4.78 is 7.53. The molecule has 19 heavy (non-hydrogen) atoms. The van der Waals surface area contributed by atoms with Gasteiger partial charge >= 0.3 is 0 Å². The fourth-order valence-corrected chi connectivity index (χ4v) is 2.69. The van der Waals surface area contributed by atoms with Crippen LogP contribution in [0.3, 0.4) is 0 Å². The number of ether oxygens (including phenoxy) is 1. The third-order valence-electron chi connectivity index (χ3n) is 3.24. The van der Waals surface area contributed by atoms with Crippen LogP contribution in [0, 0.1) is 0 Å². The van der Waals surface area contributed by atoms with Gasteiger partial charge in [-0.3, -0.25) is 0 Å². The predicted molar refractivity (Wildman–Crippen MR) is 80.4 cm³/mol. The number of halogens is 2. The van der Waals surface area contributed by atoms with Gasteiger partial charge in [0, 0.05) is 24.4 Å². The van der Waals surface area contributed by atoms with Gasteiger partial charge in [0.1, 0.15) is 5.82 Å². The summed E-state index contributed by atoms with van der Waals surface area (Å²) in [5.74, 6) is 1.55. The van der Waals surface area contributed by atoms with Gasteiger partial charge in [0.2, 0.25) is 0 Å². The first-order valence-electron chi connectivity index (χ1n) is 6.42. The minimum atomic E-state index is 0.256. The van der Waals surface area contributed by atoms with E-state index in [9.17, 15) is 0 Å². The number of hydrogen-bond donors (Lipinski definition) is 0. The number of methoxy groups -OCH3 is 1. The van der Waals surface area contributed by atoms with Gasteiger partial charge in [-0.05, 0) is 24.6 Å². The fraction of sp³-hybridized carbons (Fsp3) is 0.500. The summed E-state index contributed by atoms with van der Waals surface area (Å²) in [6, 6.07) is 6.03. The molecule has 2 aromatic rings. The van der Waals surface area contributed by atoms with Crippen LogP contribution in [0.4, 0.5) is 0 Å². The van der Waals surface area contributed by atoms with E-state index in [-0.39, 0.29) is 6.04 Å². The molecule has 104 valence electrons. The SMILES string of the molecule is CCC(COC)n1c(CCCl)nc2ccc(Cl)cc21. The second-order valence-corrected chi connectivity index (χ2v) is 5.30. The summed E-state index contributed by atoms with van der Waals surface area (Å²) in [6.07, 6.45) is 1.72. The van der Waals surface area contributed by atoms with Gasteiger partial charge in [0.05, 0.1) is 23.7 Å². The van der Waals surface area contributed by atoms with Crippen LogP contribution in [0.1, 0.15) is 25.2 Å². The molecule has 0 N–H and O–H groups in total. The van der Waals surface area contributed by atoms with E-state index in [1.165, 1.54) is 0 Å². The number of aromatic nitrogens is 2. The van der Waals surface area contributed by atoms with Gasteiger partial charge in [-0.1, -0.05) is 18.5 Å². The first kappa shape index (κ1) is 14.6. The van der Waals surface area contributed by atoms with Crippen molar-refractivity contribution in [3.8, 4) is 0 Å². The van der Waals surface area contributed by atoms with Gasteiger partial charge in [-0.15, -0.1) is 11.6 Å². The van der Waals surface area contributed by atoms with Gasteiger partial charge in [-0.2, -0.15) is 0 Å². The highest BCUT2D eigenvalue weighted by molar-refractivity contribution is 6.31. The van der Waals surface area contributed by atoms with Crippen molar-refractivity contribution in [1.82, 2.24) is 9.55 Å². The molecule has 1 aromatic carbocycles. The van der Waals surface area contributed by atoms with E-state index in [4.69, 9.17) is 27.9 Å². The third-order valence-corrected chi connectivity index (χ3v) is 3.66. The zero-order valence-electron chi connectivity index (χ0n) is 11.2. The molecule has 1 aromatic heterocycles. The van der Waals surface area contributed by atoms with Gasteiger partial charge in [0.15, 0.2) is 0 Å². The summed E-state index contributed by atoms with van der Waals surface area (Å²) in [5.41, 5.74) is 2.01. The molecule has 0 bridgehead atoms. The lowest BCUT2D eigenvalue weighted by Gasteiger charge is -2.19. The Morgan fingerprint density at radius 1 is 1.42 bits per heavy atom. The highest BCUT2D eigenvalue weighted by Crippen LogP contribution is 2.26. The molecule has 5 heteroatoms. The number of hydrogen-bond acceptors (Lipinski definition) is 2. The maximum Gasteiger partial charge on any atom is 0.111 e. The standard InChI is InChI=1S/C14H18Cl2N2O/c1-3-11(9-19-2)18-13-8-10(16)4-5-12(13)17-14(18)6-7-15/h4-5,8,11H,3,6-7,9H2,1-2H3. The van der Waals surface area contributed by atoms with Crippen LogP contribution in [0.2, 0.25) is 5.02 Å². The Labute approximate surface area is 123 Å². The van der Waals surface area contributed by atoms with E-state index in [2.05, 4.69) is 16.5 Å². The summed E-state index contributed by atoms with van der Waals surface area (Å²) in [4.78, 5) is 4.66. The van der Waals surface area contributed by atoms with Crippen LogP contribution < -0.4 is 0 Å². The van der Waals surface area contributed by atoms with Crippen LogP contribution in [0.5, 0.6) is 0 Å². The second-order valence-electron chi connectivity index (χ2n) is 4.49. The maximum atomic E-state index is 6.10. The minimum absolute atomic E-state index is 0.256. The van der Waals surface area contributed by atoms with Crippen molar-refractivity contribution < 1.29 is 4.74 Å². The summed E-state index contributed by atoms with van der Waals surface area (Å²) >= 11 is 12.0. The number of imidazole rings is 1. The smallest absolute Gasteiger partial charge is 0.111 e. The van der Waals surface area contributed by atoms with Crippen molar-refractivity contribution >= 4 is 34.2 Å². The molecule has 0 aliphatic carbocycles. The summed E-state index contributed by atoms with van der Waals surface area (Å²) in [6.45, 7) is 2.80. The number of aryl methyl sites for hydroxylation is 1. The Kier molecular flexibility index (Phi) is 5.08. The van der Waals surface area contributed by atoms with E-state index in [0.717, 1.165) is 34.7 Å². The maximum absolute atomic E-state index is 6.10. The zero-order valence-corrected chi connectivity index (χ0v) is 12.7. The Bertz CT molecular complexity index is 554. The van der Waals surface area contributed by atoms with E-state index in [1.54, 1.807) is 7.11 Å². The average Bonchev–Trinajstić information content (AvgIpc) is 2.74. The van der Waals surface area contributed by atoms with E-state index >= 15 is 0 Å². The highest BCUT2D eigenvalue weighted by atomic mass is 35.5. The van der Waals surface area contributed by atoms with Crippen LogP contribution in [-0.4, -0.2) is 29.1 Å². The van der Waals surface area contributed by atoms with Crippen molar-refractivity contribution in [3.05, 3.63) is 29.0 Å². The van der Waals surface area contributed by atoms with E-state index < -0.39 is 0 Å². The predicted octanol–water partition coefficient (Wildman–Crippen LogP) is 4.07. The van der Waals surface area contributed by atoms with Crippen molar-refractivity contribution in [3.63, 3.8) is 0 Å². The van der Waals surface area contributed by atoms with Gasteiger partial charge in [0.25, 0.3) is 0 Å². The Balaban J connectivity index is 2.58. The topological polar surface area (TPSA) is 27.1 Å². The van der Waals surface area contributed by atoms with Crippen molar-refractivity contribution in [1.29, 1.82) is 0 Å². The molecule has 3 nitrogen and oxygen atoms in total. The summed E-state index contributed by atoms with van der Waals surface area (Å²) in [5, 5.41) is 0.721. The molecule has 1 atom stereocenters. The first-order valence-corrected chi connectivity index (χ1v) is 7.33. The third kappa shape index (κ3) is 3.04. The highest BCUT2D eigenvalue weighted by Gasteiger charge is 2.17. The minimum Gasteiger partial charge on any atom is -0.383 e. The summed E-state index contributed by atoms with van der Waals surface area (Å²) in [7, 11) is 1.72. The number of fused-ring (bicyclic) bond motifs is 1. The quantitative estimate of drug-likeness (QED) is 0.752.